The van der Waals surface area contributed by atoms with Gasteiger partial charge in [0.15, 0.2) is 11.5 Å². The number of nitrogens with one attached hydrogen (secondary N) is 1. The lowest BCUT2D eigenvalue weighted by molar-refractivity contribution is 0.0601. The lowest BCUT2D eigenvalue weighted by Gasteiger charge is -2.21. The lowest BCUT2D eigenvalue weighted by atomic mass is 10.0. The molecule has 1 aliphatic rings. The van der Waals surface area contributed by atoms with Crippen molar-refractivity contribution in [3.8, 4) is 11.5 Å². The van der Waals surface area contributed by atoms with Gasteiger partial charge in [0.1, 0.15) is 0 Å². The summed E-state index contributed by atoms with van der Waals surface area (Å²) in [5, 5.41) is 10.9. The molecule has 0 saturated carbocycles. The first-order valence-corrected chi connectivity index (χ1v) is 8.20. The molecular weight excluding hydrogens is 324 g/mol. The first-order valence-electron chi connectivity index (χ1n) is 8.20. The van der Waals surface area contributed by atoms with E-state index in [9.17, 15) is 4.79 Å². The van der Waals surface area contributed by atoms with Crippen molar-refractivity contribution in [1.82, 2.24) is 14.9 Å². The van der Waals surface area contributed by atoms with E-state index in [4.69, 9.17) is 13.7 Å². The predicted octanol–water partition coefficient (Wildman–Crippen LogP) is 2.81. The van der Waals surface area contributed by atoms with Crippen LogP contribution < -0.4 is 5.32 Å². The van der Waals surface area contributed by atoms with E-state index in [2.05, 4.69) is 15.6 Å². The third kappa shape index (κ3) is 3.63. The molecule has 0 radical (unpaired) electrons. The van der Waals surface area contributed by atoms with Gasteiger partial charge >= 0.3 is 0 Å². The number of aromatic nitrogens is 3. The first-order chi connectivity index (χ1) is 12.3. The van der Waals surface area contributed by atoms with Crippen LogP contribution in [0.25, 0.3) is 11.5 Å². The van der Waals surface area contributed by atoms with Gasteiger partial charge < -0.3 is 19.0 Å². The number of carbonyl (C=O) groups is 1. The average Bonchev–Trinajstić information content (AvgIpc) is 3.37. The van der Waals surface area contributed by atoms with Crippen molar-refractivity contribution < 1.29 is 18.5 Å². The molecule has 1 N–H and O–H groups in total. The minimum atomic E-state index is -0.354. The summed E-state index contributed by atoms with van der Waals surface area (Å²) in [7, 11) is 0. The third-order valence-electron chi connectivity index (χ3n) is 4.18. The van der Waals surface area contributed by atoms with Crippen LogP contribution >= 0.6 is 0 Å². The van der Waals surface area contributed by atoms with Gasteiger partial charge in [-0.2, -0.15) is 5.10 Å². The van der Waals surface area contributed by atoms with Gasteiger partial charge in [-0.1, -0.05) is 5.16 Å². The van der Waals surface area contributed by atoms with Gasteiger partial charge in [0.25, 0.3) is 5.91 Å². The zero-order valence-corrected chi connectivity index (χ0v) is 13.6. The Labute approximate surface area is 143 Å². The minimum Gasteiger partial charge on any atom is -0.461 e. The van der Waals surface area contributed by atoms with Crippen molar-refractivity contribution in [2.45, 2.75) is 19.4 Å². The Hall–Kier alpha value is -2.87. The topological polar surface area (TPSA) is 95.3 Å². The molecule has 4 rings (SSSR count). The molecule has 1 amide bonds. The second-order valence-corrected chi connectivity index (χ2v) is 6.01. The third-order valence-corrected chi connectivity index (χ3v) is 4.18. The fourth-order valence-electron chi connectivity index (χ4n) is 2.83. The van der Waals surface area contributed by atoms with E-state index in [0.29, 0.717) is 23.1 Å². The number of carbonyl (C=O) groups excluding carboxylic acids is 1. The van der Waals surface area contributed by atoms with Gasteiger partial charge in [0.05, 0.1) is 18.1 Å². The summed E-state index contributed by atoms with van der Waals surface area (Å²) in [6, 6.07) is 5.02. The molecular formula is C17H18N4O4. The zero-order valence-electron chi connectivity index (χ0n) is 13.6. The number of furan rings is 1. The summed E-state index contributed by atoms with van der Waals surface area (Å²) in [4.78, 5) is 12.3. The van der Waals surface area contributed by atoms with Crippen molar-refractivity contribution in [2.24, 2.45) is 5.92 Å². The van der Waals surface area contributed by atoms with Crippen molar-refractivity contribution in [3.63, 3.8) is 0 Å². The van der Waals surface area contributed by atoms with E-state index in [1.54, 1.807) is 24.4 Å². The van der Waals surface area contributed by atoms with Gasteiger partial charge in [0.2, 0.25) is 5.76 Å². The Morgan fingerprint density at radius 2 is 2.20 bits per heavy atom. The summed E-state index contributed by atoms with van der Waals surface area (Å²) in [6.45, 7) is 2.44. The highest BCUT2D eigenvalue weighted by Crippen LogP contribution is 2.21. The Morgan fingerprint density at radius 3 is 3.00 bits per heavy atom. The van der Waals surface area contributed by atoms with E-state index in [1.165, 1.54) is 6.26 Å². The van der Waals surface area contributed by atoms with Gasteiger partial charge in [-0.05, 0) is 30.9 Å². The lowest BCUT2D eigenvalue weighted by Crippen LogP contribution is -2.20. The van der Waals surface area contributed by atoms with Crippen LogP contribution in [0.15, 0.2) is 45.8 Å². The van der Waals surface area contributed by atoms with Crippen LogP contribution in [0, 0.1) is 5.92 Å². The number of anilines is 1. The molecule has 0 atom stereocenters. The molecule has 4 heterocycles. The number of hydrogen-bond acceptors (Lipinski definition) is 6. The molecule has 0 aromatic carbocycles. The highest BCUT2D eigenvalue weighted by molar-refractivity contribution is 6.03. The highest BCUT2D eigenvalue weighted by atomic mass is 16.5. The molecule has 0 unspecified atom stereocenters. The molecule has 3 aromatic heterocycles. The Bertz CT molecular complexity index is 831. The van der Waals surface area contributed by atoms with Crippen LogP contribution in [0.4, 0.5) is 5.69 Å². The van der Waals surface area contributed by atoms with Crippen LogP contribution in [0.5, 0.6) is 0 Å². The summed E-state index contributed by atoms with van der Waals surface area (Å²) < 4.78 is 17.6. The minimum absolute atomic E-state index is 0.184. The smallest absolute Gasteiger partial charge is 0.277 e. The molecule has 130 valence electrons. The van der Waals surface area contributed by atoms with E-state index < -0.39 is 0 Å². The van der Waals surface area contributed by atoms with Crippen molar-refractivity contribution in [3.05, 3.63) is 42.5 Å². The van der Waals surface area contributed by atoms with Crippen LogP contribution in [-0.2, 0) is 11.3 Å². The average molecular weight is 342 g/mol. The number of ether oxygens (including phenoxy) is 1. The van der Waals surface area contributed by atoms with Crippen LogP contribution in [-0.4, -0.2) is 34.1 Å². The Morgan fingerprint density at radius 1 is 1.32 bits per heavy atom. The molecule has 8 nitrogen and oxygen atoms in total. The second kappa shape index (κ2) is 6.94. The Kier molecular flexibility index (Phi) is 4.34. The van der Waals surface area contributed by atoms with Gasteiger partial charge in [-0.3, -0.25) is 9.48 Å². The van der Waals surface area contributed by atoms with Crippen LogP contribution in [0.2, 0.25) is 0 Å². The molecule has 0 bridgehead atoms. The normalized spacial score (nSPS) is 15.4. The van der Waals surface area contributed by atoms with E-state index in [1.807, 2.05) is 10.9 Å². The molecule has 0 spiro atoms. The van der Waals surface area contributed by atoms with Gasteiger partial charge in [-0.15, -0.1) is 0 Å². The van der Waals surface area contributed by atoms with E-state index in [-0.39, 0.29) is 11.6 Å². The monoisotopic (exact) mass is 342 g/mol. The molecule has 25 heavy (non-hydrogen) atoms. The highest BCUT2D eigenvalue weighted by Gasteiger charge is 2.17. The molecule has 1 aliphatic heterocycles. The van der Waals surface area contributed by atoms with Crippen LogP contribution in [0.3, 0.4) is 0 Å². The van der Waals surface area contributed by atoms with E-state index in [0.717, 1.165) is 32.6 Å². The summed E-state index contributed by atoms with van der Waals surface area (Å²) in [5.74, 6) is 1.14. The fraction of sp³-hybridized carbons (Fsp3) is 0.353. The molecule has 0 aliphatic carbocycles. The van der Waals surface area contributed by atoms with Crippen molar-refractivity contribution in [1.29, 1.82) is 0 Å². The fourth-order valence-corrected chi connectivity index (χ4v) is 2.83. The maximum Gasteiger partial charge on any atom is 0.277 e. The number of hydrogen-bond donors (Lipinski definition) is 1. The summed E-state index contributed by atoms with van der Waals surface area (Å²) >= 11 is 0. The number of rotatable bonds is 5. The first kappa shape index (κ1) is 15.6. The quantitative estimate of drug-likeness (QED) is 0.766. The van der Waals surface area contributed by atoms with Gasteiger partial charge in [-0.25, -0.2) is 0 Å². The maximum absolute atomic E-state index is 12.3. The maximum atomic E-state index is 12.3. The predicted molar refractivity (Wildman–Crippen MR) is 87.9 cm³/mol. The molecule has 1 fully saturated rings. The molecule has 3 aromatic rings. The SMILES string of the molecule is O=C(Nc1cnn(CC2CCOCC2)c1)c1cc(-c2ccco2)on1. The largest absolute Gasteiger partial charge is 0.461 e. The standard InChI is InChI=1S/C17H18N4O4/c22-17(14-8-16(25-20-14)15-2-1-5-24-15)19-13-9-18-21(11-13)10-12-3-6-23-7-4-12/h1-2,5,8-9,11-12H,3-4,6-7,10H2,(H,19,22). The van der Waals surface area contributed by atoms with Crippen molar-refractivity contribution in [2.75, 3.05) is 18.5 Å². The Balaban J connectivity index is 1.38. The van der Waals surface area contributed by atoms with Crippen molar-refractivity contribution >= 4 is 11.6 Å². The second-order valence-electron chi connectivity index (χ2n) is 6.01. The number of amides is 1. The summed E-state index contributed by atoms with van der Waals surface area (Å²) in [6.07, 6.45) is 7.06. The van der Waals surface area contributed by atoms with E-state index >= 15 is 0 Å². The van der Waals surface area contributed by atoms with Crippen LogP contribution in [0.1, 0.15) is 23.3 Å². The molecule has 8 heteroatoms. The summed E-state index contributed by atoms with van der Waals surface area (Å²) in [5.41, 5.74) is 0.809. The number of nitrogens with zero attached hydrogens (tertiary/aromatic N) is 3. The molecule has 1 saturated heterocycles. The zero-order chi connectivity index (χ0) is 17.1. The van der Waals surface area contributed by atoms with Gasteiger partial charge in [0, 0.05) is 32.0 Å².